The van der Waals surface area contributed by atoms with Crippen LogP contribution in [-0.2, 0) is 0 Å². The summed E-state index contributed by atoms with van der Waals surface area (Å²) in [5, 5.41) is 10.3. The molecule has 2 aromatic heterocycles. The van der Waals surface area contributed by atoms with Gasteiger partial charge in [-0.1, -0.05) is 91.0 Å². The van der Waals surface area contributed by atoms with Crippen LogP contribution in [0.1, 0.15) is 0 Å². The van der Waals surface area contributed by atoms with Crippen LogP contribution in [0.4, 0.5) is 0 Å². The third-order valence-electron chi connectivity index (χ3n) is 7.68. The van der Waals surface area contributed by atoms with Gasteiger partial charge in [0.1, 0.15) is 0 Å². The monoisotopic (exact) mass is 548 g/mol. The fourth-order valence-electron chi connectivity index (χ4n) is 6.03. The first kappa shape index (κ1) is 21.6. The predicted octanol–water partition coefficient (Wildman–Crippen LogP) is 10.1. The van der Waals surface area contributed by atoms with Gasteiger partial charge in [0.05, 0.1) is 16.7 Å². The summed E-state index contributed by atoms with van der Waals surface area (Å²) in [7, 11) is 0. The third-order valence-corrected chi connectivity index (χ3v) is 8.14. The standard InChI is InChI=1S/C35H21BrN2/c36-24-16-19-31(37-21-24)23-13-17-25(18-14-23)38-32-20-15-22-7-1-2-8-26(22)33(32)34-29-11-5-3-9-27(29)28-10-4-6-12-30(28)35(34)38/h1-21H. The zero-order valence-electron chi connectivity index (χ0n) is 20.4. The van der Waals surface area contributed by atoms with Crippen LogP contribution in [0.2, 0.25) is 0 Å². The number of pyridine rings is 1. The first-order chi connectivity index (χ1) is 18.8. The maximum Gasteiger partial charge on any atom is 0.0702 e. The fourth-order valence-corrected chi connectivity index (χ4v) is 6.27. The van der Waals surface area contributed by atoms with Crippen molar-refractivity contribution in [1.29, 1.82) is 0 Å². The summed E-state index contributed by atoms with van der Waals surface area (Å²) in [6.45, 7) is 0. The third kappa shape index (κ3) is 3.09. The first-order valence-corrected chi connectivity index (χ1v) is 13.5. The normalized spacial score (nSPS) is 11.8. The lowest BCUT2D eigenvalue weighted by Crippen LogP contribution is -1.95. The Morgan fingerprint density at radius 1 is 0.526 bits per heavy atom. The summed E-state index contributed by atoms with van der Waals surface area (Å²) < 4.78 is 3.43. The van der Waals surface area contributed by atoms with Crippen LogP contribution in [0, 0.1) is 0 Å². The summed E-state index contributed by atoms with van der Waals surface area (Å²) in [6.07, 6.45) is 1.85. The van der Waals surface area contributed by atoms with E-state index in [1.165, 1.54) is 54.1 Å². The molecule has 0 N–H and O–H groups in total. The zero-order chi connectivity index (χ0) is 25.2. The van der Waals surface area contributed by atoms with E-state index in [-0.39, 0.29) is 0 Å². The number of nitrogens with zero attached hydrogens (tertiary/aromatic N) is 2. The van der Waals surface area contributed by atoms with E-state index in [1.807, 2.05) is 18.3 Å². The predicted molar refractivity (Wildman–Crippen MR) is 164 cm³/mol. The number of benzene rings is 6. The molecule has 0 unspecified atom stereocenters. The van der Waals surface area contributed by atoms with Crippen molar-refractivity contribution in [2.45, 2.75) is 0 Å². The highest BCUT2D eigenvalue weighted by molar-refractivity contribution is 9.10. The molecule has 6 aromatic carbocycles. The number of hydrogen-bond acceptors (Lipinski definition) is 1. The Morgan fingerprint density at radius 2 is 1.18 bits per heavy atom. The zero-order valence-corrected chi connectivity index (χ0v) is 22.0. The minimum atomic E-state index is 0.962. The van der Waals surface area contributed by atoms with Crippen molar-refractivity contribution in [3.8, 4) is 16.9 Å². The van der Waals surface area contributed by atoms with Crippen molar-refractivity contribution in [3.63, 3.8) is 0 Å². The maximum absolute atomic E-state index is 4.60. The van der Waals surface area contributed by atoms with Crippen LogP contribution >= 0.6 is 15.9 Å². The van der Waals surface area contributed by atoms with Crippen LogP contribution in [0.15, 0.2) is 132 Å². The van der Waals surface area contributed by atoms with Crippen molar-refractivity contribution >= 4 is 70.1 Å². The van der Waals surface area contributed by atoms with E-state index < -0.39 is 0 Å². The van der Waals surface area contributed by atoms with Crippen molar-refractivity contribution < 1.29 is 0 Å². The molecule has 0 bridgehead atoms. The van der Waals surface area contributed by atoms with Gasteiger partial charge in [-0.3, -0.25) is 4.98 Å². The van der Waals surface area contributed by atoms with Gasteiger partial charge in [-0.2, -0.15) is 0 Å². The van der Waals surface area contributed by atoms with E-state index in [0.29, 0.717) is 0 Å². The van der Waals surface area contributed by atoms with E-state index in [9.17, 15) is 0 Å². The Kier molecular flexibility index (Phi) is 4.70. The highest BCUT2D eigenvalue weighted by atomic mass is 79.9. The molecule has 0 fully saturated rings. The lowest BCUT2D eigenvalue weighted by molar-refractivity contribution is 1.19. The van der Waals surface area contributed by atoms with Gasteiger partial charge < -0.3 is 4.57 Å². The Labute approximate surface area is 227 Å². The smallest absolute Gasteiger partial charge is 0.0702 e. The molecule has 8 aromatic rings. The maximum atomic E-state index is 4.60. The number of fused-ring (bicyclic) bond motifs is 10. The summed E-state index contributed by atoms with van der Waals surface area (Å²) in [5.74, 6) is 0. The van der Waals surface area contributed by atoms with E-state index in [0.717, 1.165) is 21.4 Å². The molecule has 0 saturated carbocycles. The number of halogens is 1. The second kappa shape index (κ2) is 8.27. The van der Waals surface area contributed by atoms with Gasteiger partial charge in [-0.15, -0.1) is 0 Å². The molecule has 2 nitrogen and oxygen atoms in total. The minimum Gasteiger partial charge on any atom is -0.309 e. The summed E-state index contributed by atoms with van der Waals surface area (Å²) in [4.78, 5) is 4.60. The quantitative estimate of drug-likeness (QED) is 0.196. The second-order valence-electron chi connectivity index (χ2n) is 9.74. The number of rotatable bonds is 2. The van der Waals surface area contributed by atoms with Crippen LogP contribution in [0.25, 0.3) is 71.1 Å². The molecule has 0 amide bonds. The SMILES string of the molecule is Brc1ccc(-c2ccc(-n3c4ccc5ccccc5c4c4c5ccccc5c5ccccc5c43)cc2)nc1. The Morgan fingerprint density at radius 3 is 1.92 bits per heavy atom. The first-order valence-electron chi connectivity index (χ1n) is 12.8. The molecule has 8 rings (SSSR count). The van der Waals surface area contributed by atoms with E-state index in [4.69, 9.17) is 0 Å². The molecule has 0 aliphatic rings. The summed E-state index contributed by atoms with van der Waals surface area (Å²) in [6, 6.07) is 43.8. The molecule has 0 atom stereocenters. The van der Waals surface area contributed by atoms with Crippen molar-refractivity contribution in [2.24, 2.45) is 0 Å². The lowest BCUT2D eigenvalue weighted by atomic mass is 9.95. The molecule has 178 valence electrons. The van der Waals surface area contributed by atoms with Crippen LogP contribution < -0.4 is 0 Å². The van der Waals surface area contributed by atoms with Crippen molar-refractivity contribution in [3.05, 3.63) is 132 Å². The molecule has 0 spiro atoms. The van der Waals surface area contributed by atoms with Crippen molar-refractivity contribution in [2.75, 3.05) is 0 Å². The molecule has 0 aliphatic heterocycles. The van der Waals surface area contributed by atoms with Gasteiger partial charge in [0.15, 0.2) is 0 Å². The molecule has 0 saturated heterocycles. The highest BCUT2D eigenvalue weighted by Gasteiger charge is 2.20. The van der Waals surface area contributed by atoms with Gasteiger partial charge >= 0.3 is 0 Å². The lowest BCUT2D eigenvalue weighted by Gasteiger charge is -2.12. The summed E-state index contributed by atoms with van der Waals surface area (Å²) in [5.41, 5.74) is 5.67. The van der Waals surface area contributed by atoms with Gasteiger partial charge in [-0.05, 0) is 73.2 Å². The van der Waals surface area contributed by atoms with Crippen molar-refractivity contribution in [1.82, 2.24) is 9.55 Å². The van der Waals surface area contributed by atoms with Gasteiger partial charge in [0.25, 0.3) is 0 Å². The largest absolute Gasteiger partial charge is 0.309 e. The minimum absolute atomic E-state index is 0.962. The van der Waals surface area contributed by atoms with Gasteiger partial charge in [-0.25, -0.2) is 0 Å². The Hall–Kier alpha value is -4.47. The van der Waals surface area contributed by atoms with Crippen LogP contribution in [-0.4, -0.2) is 9.55 Å². The molecule has 3 heteroatoms. The highest BCUT2D eigenvalue weighted by Crippen LogP contribution is 2.44. The molecule has 2 heterocycles. The molecule has 38 heavy (non-hydrogen) atoms. The average Bonchev–Trinajstić information content (AvgIpc) is 3.34. The van der Waals surface area contributed by atoms with E-state index in [2.05, 4.69) is 135 Å². The Balaban J connectivity index is 1.54. The summed E-state index contributed by atoms with van der Waals surface area (Å²) >= 11 is 3.49. The topological polar surface area (TPSA) is 17.8 Å². The van der Waals surface area contributed by atoms with Gasteiger partial charge in [0.2, 0.25) is 0 Å². The fraction of sp³-hybridized carbons (Fsp3) is 0. The Bertz CT molecular complexity index is 2170. The number of aromatic nitrogens is 2. The number of hydrogen-bond donors (Lipinski definition) is 0. The van der Waals surface area contributed by atoms with Crippen LogP contribution in [0.5, 0.6) is 0 Å². The van der Waals surface area contributed by atoms with Crippen LogP contribution in [0.3, 0.4) is 0 Å². The average molecular weight is 549 g/mol. The second-order valence-corrected chi connectivity index (χ2v) is 10.7. The molecular weight excluding hydrogens is 528 g/mol. The molecule has 0 aliphatic carbocycles. The van der Waals surface area contributed by atoms with Gasteiger partial charge in [0, 0.05) is 38.1 Å². The molecular formula is C35H21BrN2. The molecule has 0 radical (unpaired) electrons. The van der Waals surface area contributed by atoms with E-state index in [1.54, 1.807) is 0 Å². The van der Waals surface area contributed by atoms with E-state index >= 15 is 0 Å².